The predicted octanol–water partition coefficient (Wildman–Crippen LogP) is 2.96. The highest BCUT2D eigenvalue weighted by molar-refractivity contribution is 7.14. The quantitative estimate of drug-likeness (QED) is 0.752. The number of hydrogen-bond acceptors (Lipinski definition) is 6. The lowest BCUT2D eigenvalue weighted by atomic mass is 10.2. The van der Waals surface area contributed by atoms with Gasteiger partial charge >= 0.3 is 0 Å². The SMILES string of the molecule is C[C@H]1Oc2ccccc2N(CC(=O)Nc2nc(-c3ccccn3)cs2)C1=O. The van der Waals surface area contributed by atoms with Crippen LogP contribution < -0.4 is 15.0 Å². The van der Waals surface area contributed by atoms with Crippen molar-refractivity contribution in [1.29, 1.82) is 0 Å². The average Bonchev–Trinajstić information content (AvgIpc) is 3.14. The number of fused-ring (bicyclic) bond motifs is 1. The van der Waals surface area contributed by atoms with Gasteiger partial charge in [-0.3, -0.25) is 19.5 Å². The summed E-state index contributed by atoms with van der Waals surface area (Å²) < 4.78 is 5.59. The molecule has 0 fully saturated rings. The zero-order chi connectivity index (χ0) is 18.8. The van der Waals surface area contributed by atoms with E-state index in [0.717, 1.165) is 5.69 Å². The normalized spacial score (nSPS) is 15.8. The van der Waals surface area contributed by atoms with E-state index in [1.54, 1.807) is 31.3 Å². The molecule has 3 aromatic rings. The highest BCUT2D eigenvalue weighted by Crippen LogP contribution is 2.33. The van der Waals surface area contributed by atoms with Crippen molar-refractivity contribution in [3.8, 4) is 17.1 Å². The van der Waals surface area contributed by atoms with Gasteiger partial charge in [-0.2, -0.15) is 0 Å². The van der Waals surface area contributed by atoms with Crippen molar-refractivity contribution >= 4 is 34.0 Å². The Balaban J connectivity index is 1.48. The maximum Gasteiger partial charge on any atom is 0.268 e. The first-order valence-electron chi connectivity index (χ1n) is 8.35. The molecule has 2 aromatic heterocycles. The van der Waals surface area contributed by atoms with E-state index in [-0.39, 0.29) is 18.4 Å². The summed E-state index contributed by atoms with van der Waals surface area (Å²) in [4.78, 5) is 35.0. The molecule has 27 heavy (non-hydrogen) atoms. The zero-order valence-corrected chi connectivity index (χ0v) is 15.3. The van der Waals surface area contributed by atoms with Crippen LogP contribution in [0.2, 0.25) is 0 Å². The number of rotatable bonds is 4. The van der Waals surface area contributed by atoms with Gasteiger partial charge in [0.05, 0.1) is 11.4 Å². The minimum atomic E-state index is -0.636. The molecule has 0 saturated carbocycles. The molecule has 1 N–H and O–H groups in total. The fraction of sp³-hybridized carbons (Fsp3) is 0.158. The molecule has 136 valence electrons. The Bertz CT molecular complexity index is 989. The van der Waals surface area contributed by atoms with Crippen LogP contribution in [0.3, 0.4) is 0 Å². The number of ether oxygens (including phenoxy) is 1. The number of amides is 2. The van der Waals surface area contributed by atoms with E-state index in [4.69, 9.17) is 4.74 Å². The highest BCUT2D eigenvalue weighted by Gasteiger charge is 2.32. The lowest BCUT2D eigenvalue weighted by Gasteiger charge is -2.32. The monoisotopic (exact) mass is 380 g/mol. The number of para-hydroxylation sites is 2. The van der Waals surface area contributed by atoms with E-state index in [1.165, 1.54) is 16.2 Å². The molecule has 0 saturated heterocycles. The second-order valence-electron chi connectivity index (χ2n) is 5.95. The van der Waals surface area contributed by atoms with E-state index >= 15 is 0 Å². The van der Waals surface area contributed by atoms with Gasteiger partial charge in [0.25, 0.3) is 5.91 Å². The number of nitrogens with zero attached hydrogens (tertiary/aromatic N) is 3. The number of nitrogens with one attached hydrogen (secondary N) is 1. The molecule has 3 heterocycles. The Labute approximate surface area is 159 Å². The van der Waals surface area contributed by atoms with Crippen LogP contribution in [0.1, 0.15) is 6.92 Å². The first kappa shape index (κ1) is 17.2. The van der Waals surface area contributed by atoms with Crippen LogP contribution in [0.15, 0.2) is 54.0 Å². The van der Waals surface area contributed by atoms with Gasteiger partial charge in [0.1, 0.15) is 18.0 Å². The summed E-state index contributed by atoms with van der Waals surface area (Å²) in [6, 6.07) is 12.7. The van der Waals surface area contributed by atoms with Gasteiger partial charge in [0.2, 0.25) is 5.91 Å². The topological polar surface area (TPSA) is 84.4 Å². The van der Waals surface area contributed by atoms with Crippen molar-refractivity contribution in [3.63, 3.8) is 0 Å². The molecule has 2 amide bonds. The summed E-state index contributed by atoms with van der Waals surface area (Å²) in [5, 5.41) is 5.04. The molecule has 0 radical (unpaired) electrons. The summed E-state index contributed by atoms with van der Waals surface area (Å²) in [6.07, 6.45) is 1.05. The van der Waals surface area contributed by atoms with E-state index in [0.29, 0.717) is 22.3 Å². The number of benzene rings is 1. The number of anilines is 2. The van der Waals surface area contributed by atoms with Gasteiger partial charge in [-0.15, -0.1) is 11.3 Å². The number of thiazole rings is 1. The first-order valence-corrected chi connectivity index (χ1v) is 9.23. The van der Waals surface area contributed by atoms with Crippen molar-refractivity contribution in [1.82, 2.24) is 9.97 Å². The minimum Gasteiger partial charge on any atom is -0.479 e. The van der Waals surface area contributed by atoms with E-state index in [2.05, 4.69) is 15.3 Å². The molecule has 1 aliphatic rings. The third-order valence-corrected chi connectivity index (χ3v) is 4.81. The predicted molar refractivity (Wildman–Crippen MR) is 103 cm³/mol. The molecular weight excluding hydrogens is 364 g/mol. The maximum absolute atomic E-state index is 12.5. The lowest BCUT2D eigenvalue weighted by Crippen LogP contribution is -2.47. The van der Waals surface area contributed by atoms with Gasteiger partial charge in [0.15, 0.2) is 11.2 Å². The van der Waals surface area contributed by atoms with E-state index < -0.39 is 6.10 Å². The molecule has 1 aromatic carbocycles. The Kier molecular flexibility index (Phi) is 4.55. The molecular formula is C19H16N4O3S. The maximum atomic E-state index is 12.5. The number of carbonyl (C=O) groups excluding carboxylic acids is 2. The van der Waals surface area contributed by atoms with Crippen LogP contribution in [-0.2, 0) is 9.59 Å². The second kappa shape index (κ2) is 7.16. The van der Waals surface area contributed by atoms with Crippen LogP contribution >= 0.6 is 11.3 Å². The van der Waals surface area contributed by atoms with Crippen molar-refractivity contribution in [2.75, 3.05) is 16.8 Å². The summed E-state index contributed by atoms with van der Waals surface area (Å²) >= 11 is 1.31. The molecule has 0 aliphatic carbocycles. The highest BCUT2D eigenvalue weighted by atomic mass is 32.1. The van der Waals surface area contributed by atoms with Gasteiger partial charge in [-0.1, -0.05) is 18.2 Å². The Morgan fingerprint density at radius 3 is 2.85 bits per heavy atom. The summed E-state index contributed by atoms with van der Waals surface area (Å²) in [5.74, 6) is 0.00965. The summed E-state index contributed by atoms with van der Waals surface area (Å²) in [5.41, 5.74) is 2.02. The average molecular weight is 380 g/mol. The molecule has 8 heteroatoms. The van der Waals surface area contributed by atoms with Gasteiger partial charge in [0, 0.05) is 11.6 Å². The molecule has 1 aliphatic heterocycles. The third-order valence-electron chi connectivity index (χ3n) is 4.05. The zero-order valence-electron chi connectivity index (χ0n) is 14.5. The van der Waals surface area contributed by atoms with Gasteiger partial charge in [-0.25, -0.2) is 4.98 Å². The fourth-order valence-corrected chi connectivity index (χ4v) is 3.51. The van der Waals surface area contributed by atoms with Crippen molar-refractivity contribution < 1.29 is 14.3 Å². The number of aromatic nitrogens is 2. The minimum absolute atomic E-state index is 0.109. The fourth-order valence-electron chi connectivity index (χ4n) is 2.79. The Morgan fingerprint density at radius 2 is 2.04 bits per heavy atom. The Hall–Kier alpha value is -3.26. The lowest BCUT2D eigenvalue weighted by molar-refractivity contribution is -0.127. The van der Waals surface area contributed by atoms with Crippen molar-refractivity contribution in [2.45, 2.75) is 13.0 Å². The number of carbonyl (C=O) groups is 2. The van der Waals surface area contributed by atoms with Crippen LogP contribution in [0.4, 0.5) is 10.8 Å². The van der Waals surface area contributed by atoms with E-state index in [9.17, 15) is 9.59 Å². The van der Waals surface area contributed by atoms with E-state index in [1.807, 2.05) is 29.6 Å². The molecule has 7 nitrogen and oxygen atoms in total. The number of pyridine rings is 1. The van der Waals surface area contributed by atoms with Crippen LogP contribution in [0.25, 0.3) is 11.4 Å². The Morgan fingerprint density at radius 1 is 1.22 bits per heavy atom. The first-order chi connectivity index (χ1) is 13.1. The molecule has 0 spiro atoms. The van der Waals surface area contributed by atoms with Gasteiger partial charge in [-0.05, 0) is 31.2 Å². The van der Waals surface area contributed by atoms with Crippen molar-refractivity contribution in [3.05, 3.63) is 54.0 Å². The smallest absolute Gasteiger partial charge is 0.268 e. The third kappa shape index (κ3) is 3.52. The van der Waals surface area contributed by atoms with Gasteiger partial charge < -0.3 is 10.1 Å². The second-order valence-corrected chi connectivity index (χ2v) is 6.81. The van der Waals surface area contributed by atoms with Crippen LogP contribution in [-0.4, -0.2) is 34.4 Å². The molecule has 4 rings (SSSR count). The molecule has 0 bridgehead atoms. The van der Waals surface area contributed by atoms with Crippen molar-refractivity contribution in [2.24, 2.45) is 0 Å². The standard InChI is InChI=1S/C19H16N4O3S/c1-12-18(25)23(15-7-2-3-8-16(15)26-12)10-17(24)22-19-21-14(11-27-19)13-6-4-5-9-20-13/h2-9,11-12H,10H2,1H3,(H,21,22,24)/t12-/m1/s1. The largest absolute Gasteiger partial charge is 0.479 e. The summed E-state index contributed by atoms with van der Waals surface area (Å²) in [7, 11) is 0. The van der Waals surface area contributed by atoms with Crippen LogP contribution in [0.5, 0.6) is 5.75 Å². The number of hydrogen-bond donors (Lipinski definition) is 1. The molecule has 0 unspecified atom stereocenters. The summed E-state index contributed by atoms with van der Waals surface area (Å²) in [6.45, 7) is 1.56. The van der Waals surface area contributed by atoms with Crippen LogP contribution in [0, 0.1) is 0 Å². The molecule has 1 atom stereocenters.